The van der Waals surface area contributed by atoms with Gasteiger partial charge in [0.1, 0.15) is 18.0 Å². The monoisotopic (exact) mass is 277 g/mol. The Hall–Kier alpha value is -2.95. The van der Waals surface area contributed by atoms with Crippen molar-refractivity contribution in [3.8, 4) is 0 Å². The van der Waals surface area contributed by atoms with Crippen molar-refractivity contribution in [2.45, 2.75) is 6.42 Å². The van der Waals surface area contributed by atoms with Crippen molar-refractivity contribution in [3.05, 3.63) is 59.9 Å². The Balaban J connectivity index is 2.01. The van der Waals surface area contributed by atoms with Gasteiger partial charge in [-0.3, -0.25) is 0 Å². The van der Waals surface area contributed by atoms with Crippen LogP contribution in [-0.2, 0) is 6.42 Å². The van der Waals surface area contributed by atoms with Gasteiger partial charge >= 0.3 is 0 Å². The highest BCUT2D eigenvalue weighted by Gasteiger charge is 2.13. The molecule has 0 amide bonds. The van der Waals surface area contributed by atoms with Crippen molar-refractivity contribution in [3.63, 3.8) is 0 Å². The van der Waals surface area contributed by atoms with Crippen molar-refractivity contribution < 1.29 is 0 Å². The Kier molecular flexibility index (Phi) is 3.23. The molecule has 1 aromatic heterocycles. The van der Waals surface area contributed by atoms with E-state index in [9.17, 15) is 0 Å². The molecule has 0 unspecified atom stereocenters. The molecule has 104 valence electrons. The number of rotatable bonds is 3. The smallest absolute Gasteiger partial charge is 0.138 e. The summed E-state index contributed by atoms with van der Waals surface area (Å²) in [6.45, 7) is 0. The summed E-state index contributed by atoms with van der Waals surface area (Å²) in [4.78, 5) is 7.82. The van der Waals surface area contributed by atoms with Crippen LogP contribution in [0.5, 0.6) is 0 Å². The van der Waals surface area contributed by atoms with Crippen molar-refractivity contribution in [2.75, 3.05) is 11.5 Å². The number of hydrogen-bond donors (Lipinski definition) is 3. The third-order valence-electron chi connectivity index (χ3n) is 3.45. The van der Waals surface area contributed by atoms with E-state index in [1.807, 2.05) is 30.3 Å². The van der Waals surface area contributed by atoms with Gasteiger partial charge in [0, 0.05) is 6.42 Å². The maximum atomic E-state index is 8.28. The molecule has 0 radical (unpaired) electrons. The van der Waals surface area contributed by atoms with Crippen LogP contribution in [0, 0.1) is 5.41 Å². The molecule has 5 N–H and O–H groups in total. The highest BCUT2D eigenvalue weighted by Crippen LogP contribution is 2.22. The zero-order chi connectivity index (χ0) is 14.8. The topological polar surface area (TPSA) is 102 Å². The third-order valence-corrected chi connectivity index (χ3v) is 3.45. The molecule has 0 saturated heterocycles. The fourth-order valence-corrected chi connectivity index (χ4v) is 2.45. The van der Waals surface area contributed by atoms with Crippen molar-refractivity contribution in [1.29, 1.82) is 5.41 Å². The molecule has 2 aromatic carbocycles. The van der Waals surface area contributed by atoms with E-state index in [1.54, 1.807) is 0 Å². The van der Waals surface area contributed by atoms with E-state index in [4.69, 9.17) is 16.9 Å². The molecule has 0 bridgehead atoms. The molecule has 1 heterocycles. The van der Waals surface area contributed by atoms with Crippen LogP contribution in [0.4, 0.5) is 11.6 Å². The van der Waals surface area contributed by atoms with E-state index in [1.165, 1.54) is 6.33 Å². The Bertz CT molecular complexity index is 800. The molecule has 0 aliphatic heterocycles. The number of nitrogen functional groups attached to an aromatic ring is 2. The highest BCUT2D eigenvalue weighted by molar-refractivity contribution is 6.07. The van der Waals surface area contributed by atoms with Crippen molar-refractivity contribution >= 4 is 28.1 Å². The van der Waals surface area contributed by atoms with Crippen molar-refractivity contribution in [1.82, 2.24) is 9.97 Å². The molecular formula is C16H15N5. The first-order chi connectivity index (χ1) is 10.2. The minimum atomic E-state index is 0.243. The zero-order valence-electron chi connectivity index (χ0n) is 11.4. The number of hydrogen-bond acceptors (Lipinski definition) is 5. The third kappa shape index (κ3) is 2.41. The maximum Gasteiger partial charge on any atom is 0.138 e. The average molecular weight is 277 g/mol. The molecule has 0 aliphatic rings. The lowest BCUT2D eigenvalue weighted by atomic mass is 9.97. The summed E-state index contributed by atoms with van der Waals surface area (Å²) in [7, 11) is 0. The molecule has 0 atom stereocenters. The van der Waals surface area contributed by atoms with Crippen molar-refractivity contribution in [2.24, 2.45) is 0 Å². The molecule has 3 rings (SSSR count). The van der Waals surface area contributed by atoms with Crippen LogP contribution >= 0.6 is 0 Å². The second-order valence-corrected chi connectivity index (χ2v) is 4.81. The summed E-state index contributed by atoms with van der Waals surface area (Å²) < 4.78 is 0. The quantitative estimate of drug-likeness (QED) is 0.640. The molecular weight excluding hydrogens is 262 g/mol. The van der Waals surface area contributed by atoms with Gasteiger partial charge < -0.3 is 16.9 Å². The normalized spacial score (nSPS) is 10.7. The second-order valence-electron chi connectivity index (χ2n) is 4.81. The van der Waals surface area contributed by atoms with Gasteiger partial charge in [-0.2, -0.15) is 0 Å². The number of benzene rings is 2. The van der Waals surface area contributed by atoms with Gasteiger partial charge in [0.25, 0.3) is 0 Å². The highest BCUT2D eigenvalue weighted by atomic mass is 15.0. The lowest BCUT2D eigenvalue weighted by molar-refractivity contribution is 1.16. The summed E-state index contributed by atoms with van der Waals surface area (Å²) in [5.74, 6) is 0.487. The Labute approximate surface area is 122 Å². The van der Waals surface area contributed by atoms with Crippen LogP contribution in [0.15, 0.2) is 48.8 Å². The van der Waals surface area contributed by atoms with E-state index in [0.717, 1.165) is 16.3 Å². The molecule has 21 heavy (non-hydrogen) atoms. The maximum absolute atomic E-state index is 8.28. The molecule has 5 heteroatoms. The van der Waals surface area contributed by atoms with Gasteiger partial charge in [-0.25, -0.2) is 9.97 Å². The molecule has 0 saturated carbocycles. The Morgan fingerprint density at radius 3 is 2.38 bits per heavy atom. The van der Waals surface area contributed by atoms with Crippen LogP contribution in [0.1, 0.15) is 11.1 Å². The molecule has 0 fully saturated rings. The Morgan fingerprint density at radius 1 is 0.952 bits per heavy atom. The minimum Gasteiger partial charge on any atom is -0.383 e. The van der Waals surface area contributed by atoms with E-state index in [2.05, 4.69) is 22.1 Å². The SMILES string of the molecule is N=C(Cc1cccc2ccccc12)c1c(N)ncnc1N. The van der Waals surface area contributed by atoms with Gasteiger partial charge in [0.05, 0.1) is 11.3 Å². The standard InChI is InChI=1S/C16H15N5/c17-13(14-15(18)20-9-21-16(14)19)8-11-6-3-5-10-4-1-2-7-12(10)11/h1-7,9,17H,8H2,(H4,18,19,20,21). The first kappa shape index (κ1) is 13.1. The van der Waals surface area contributed by atoms with Gasteiger partial charge in [-0.15, -0.1) is 0 Å². The number of aromatic nitrogens is 2. The van der Waals surface area contributed by atoms with Crippen LogP contribution in [-0.4, -0.2) is 15.7 Å². The average Bonchev–Trinajstić information content (AvgIpc) is 2.47. The molecule has 0 aliphatic carbocycles. The number of nitrogens with zero attached hydrogens (tertiary/aromatic N) is 2. The minimum absolute atomic E-state index is 0.243. The van der Waals surface area contributed by atoms with Crippen LogP contribution in [0.2, 0.25) is 0 Å². The van der Waals surface area contributed by atoms with E-state index >= 15 is 0 Å². The van der Waals surface area contributed by atoms with E-state index in [0.29, 0.717) is 17.7 Å². The lowest BCUT2D eigenvalue weighted by Gasteiger charge is -2.10. The van der Waals surface area contributed by atoms with Gasteiger partial charge in [-0.05, 0) is 16.3 Å². The lowest BCUT2D eigenvalue weighted by Crippen LogP contribution is -2.13. The van der Waals surface area contributed by atoms with Crippen LogP contribution < -0.4 is 11.5 Å². The van der Waals surface area contributed by atoms with E-state index < -0.39 is 0 Å². The fraction of sp³-hybridized carbons (Fsp3) is 0.0625. The largest absolute Gasteiger partial charge is 0.383 e. The number of anilines is 2. The zero-order valence-corrected chi connectivity index (χ0v) is 11.4. The fourth-order valence-electron chi connectivity index (χ4n) is 2.45. The number of nitrogens with two attached hydrogens (primary N) is 2. The number of nitrogens with one attached hydrogen (secondary N) is 1. The molecule has 0 spiro atoms. The summed E-state index contributed by atoms with van der Waals surface area (Å²) in [5.41, 5.74) is 13.4. The summed E-state index contributed by atoms with van der Waals surface area (Å²) in [6.07, 6.45) is 1.74. The van der Waals surface area contributed by atoms with Crippen LogP contribution in [0.25, 0.3) is 10.8 Å². The van der Waals surface area contributed by atoms with E-state index in [-0.39, 0.29) is 11.6 Å². The first-order valence-corrected chi connectivity index (χ1v) is 6.57. The predicted molar refractivity (Wildman–Crippen MR) is 85.3 cm³/mol. The summed E-state index contributed by atoms with van der Waals surface area (Å²) in [6, 6.07) is 14.1. The number of fused-ring (bicyclic) bond motifs is 1. The first-order valence-electron chi connectivity index (χ1n) is 6.57. The molecule has 5 nitrogen and oxygen atoms in total. The summed E-state index contributed by atoms with van der Waals surface area (Å²) >= 11 is 0. The molecule has 3 aromatic rings. The van der Waals surface area contributed by atoms with Gasteiger partial charge in [-0.1, -0.05) is 42.5 Å². The second kappa shape index (κ2) is 5.20. The summed E-state index contributed by atoms with van der Waals surface area (Å²) in [5, 5.41) is 10.6. The predicted octanol–water partition coefficient (Wildman–Crippen LogP) is 2.40. The van der Waals surface area contributed by atoms with Crippen LogP contribution in [0.3, 0.4) is 0 Å². The van der Waals surface area contributed by atoms with Gasteiger partial charge in [0.15, 0.2) is 0 Å². The Morgan fingerprint density at radius 2 is 1.62 bits per heavy atom. The van der Waals surface area contributed by atoms with Gasteiger partial charge in [0.2, 0.25) is 0 Å².